The molecule has 1 aromatic carbocycles. The van der Waals surface area contributed by atoms with Gasteiger partial charge < -0.3 is 20.3 Å². The maximum absolute atomic E-state index is 13.5. The number of rotatable bonds is 9. The normalized spacial score (nSPS) is 16.3. The van der Waals surface area contributed by atoms with Gasteiger partial charge in [-0.2, -0.15) is 0 Å². The van der Waals surface area contributed by atoms with Crippen molar-refractivity contribution < 1.29 is 9.13 Å². The number of methoxy groups -OCH3 is 1. The summed E-state index contributed by atoms with van der Waals surface area (Å²) in [5.41, 5.74) is 1.12. The number of hydrogen-bond donors (Lipinski definition) is 2. The highest BCUT2D eigenvalue weighted by Gasteiger charge is 2.44. The van der Waals surface area contributed by atoms with E-state index in [9.17, 15) is 4.39 Å². The molecule has 0 atom stereocenters. The number of nitrogens with zero attached hydrogens (tertiary/aromatic N) is 2. The van der Waals surface area contributed by atoms with Crippen LogP contribution in [-0.4, -0.2) is 64.9 Å². The lowest BCUT2D eigenvalue weighted by molar-refractivity contribution is 0.162. The minimum absolute atomic E-state index is 0.0506. The van der Waals surface area contributed by atoms with Gasteiger partial charge in [0, 0.05) is 45.8 Å². The first-order chi connectivity index (χ1) is 11.6. The topological polar surface area (TPSA) is 48.9 Å². The van der Waals surface area contributed by atoms with Crippen LogP contribution in [0.2, 0.25) is 0 Å². The number of likely N-dealkylation sites (N-methyl/N-ethyl adjacent to an activating group) is 1. The molecular weight excluding hydrogens is 307 g/mol. The smallest absolute Gasteiger partial charge is 0.191 e. The van der Waals surface area contributed by atoms with E-state index in [0.29, 0.717) is 0 Å². The highest BCUT2D eigenvalue weighted by Crippen LogP contribution is 2.47. The zero-order valence-corrected chi connectivity index (χ0v) is 14.9. The Bertz CT molecular complexity index is 546. The summed E-state index contributed by atoms with van der Waals surface area (Å²) in [6.45, 7) is 4.15. The Hall–Kier alpha value is -1.66. The average molecular weight is 336 g/mol. The third-order valence-corrected chi connectivity index (χ3v) is 4.57. The Labute approximate surface area is 144 Å². The lowest BCUT2D eigenvalue weighted by Crippen LogP contribution is -2.43. The highest BCUT2D eigenvalue weighted by atomic mass is 19.1. The monoisotopic (exact) mass is 336 g/mol. The van der Waals surface area contributed by atoms with Crippen LogP contribution in [0, 0.1) is 5.82 Å². The summed E-state index contributed by atoms with van der Waals surface area (Å²) in [6, 6.07) is 6.94. The second kappa shape index (κ2) is 8.99. The van der Waals surface area contributed by atoms with E-state index in [4.69, 9.17) is 4.74 Å². The number of benzene rings is 1. The molecule has 0 aliphatic heterocycles. The number of hydrogen-bond acceptors (Lipinski definition) is 3. The summed E-state index contributed by atoms with van der Waals surface area (Å²) in [4.78, 5) is 6.47. The fraction of sp³-hybridized carbons (Fsp3) is 0.611. The van der Waals surface area contributed by atoms with E-state index < -0.39 is 0 Å². The SMILES string of the molecule is CN=C(NCCN(C)CCOC)NCC1(c2cccc(F)c2)CC1. The molecule has 1 aliphatic rings. The van der Waals surface area contributed by atoms with Crippen molar-refractivity contribution in [3.8, 4) is 0 Å². The highest BCUT2D eigenvalue weighted by molar-refractivity contribution is 5.79. The molecule has 0 saturated heterocycles. The van der Waals surface area contributed by atoms with E-state index in [-0.39, 0.29) is 11.2 Å². The molecule has 24 heavy (non-hydrogen) atoms. The predicted molar refractivity (Wildman–Crippen MR) is 96.0 cm³/mol. The second-order valence-electron chi connectivity index (χ2n) is 6.44. The first-order valence-corrected chi connectivity index (χ1v) is 8.48. The van der Waals surface area contributed by atoms with Crippen molar-refractivity contribution >= 4 is 5.96 Å². The summed E-state index contributed by atoms with van der Waals surface area (Å²) in [6.07, 6.45) is 2.17. The molecule has 134 valence electrons. The summed E-state index contributed by atoms with van der Waals surface area (Å²) in [7, 11) is 5.55. The zero-order chi connectivity index (χ0) is 17.4. The summed E-state index contributed by atoms with van der Waals surface area (Å²) >= 11 is 0. The van der Waals surface area contributed by atoms with E-state index in [1.54, 1.807) is 26.3 Å². The molecule has 0 unspecified atom stereocenters. The van der Waals surface area contributed by atoms with Gasteiger partial charge >= 0.3 is 0 Å². The summed E-state index contributed by atoms with van der Waals surface area (Å²) in [5, 5.41) is 6.70. The molecule has 1 aromatic rings. The van der Waals surface area contributed by atoms with Crippen molar-refractivity contribution in [2.75, 3.05) is 54.0 Å². The van der Waals surface area contributed by atoms with Crippen molar-refractivity contribution in [3.63, 3.8) is 0 Å². The van der Waals surface area contributed by atoms with Crippen LogP contribution in [-0.2, 0) is 10.2 Å². The molecular formula is C18H29FN4O. The van der Waals surface area contributed by atoms with Crippen LogP contribution in [0.25, 0.3) is 0 Å². The number of guanidine groups is 1. The van der Waals surface area contributed by atoms with E-state index in [2.05, 4.69) is 27.6 Å². The molecule has 0 amide bonds. The molecule has 0 spiro atoms. The molecule has 1 saturated carbocycles. The molecule has 1 fully saturated rings. The van der Waals surface area contributed by atoms with Crippen molar-refractivity contribution in [2.24, 2.45) is 4.99 Å². The first-order valence-electron chi connectivity index (χ1n) is 8.48. The van der Waals surface area contributed by atoms with Crippen molar-refractivity contribution in [1.29, 1.82) is 0 Å². The van der Waals surface area contributed by atoms with Gasteiger partial charge in [-0.15, -0.1) is 0 Å². The van der Waals surface area contributed by atoms with Crippen LogP contribution in [0.15, 0.2) is 29.3 Å². The van der Waals surface area contributed by atoms with Gasteiger partial charge in [0.25, 0.3) is 0 Å². The molecule has 1 aliphatic carbocycles. The fourth-order valence-corrected chi connectivity index (χ4v) is 2.73. The Morgan fingerprint density at radius 1 is 1.33 bits per heavy atom. The molecule has 0 aromatic heterocycles. The largest absolute Gasteiger partial charge is 0.383 e. The van der Waals surface area contributed by atoms with Crippen LogP contribution < -0.4 is 10.6 Å². The number of aliphatic imine (C=N–C) groups is 1. The lowest BCUT2D eigenvalue weighted by Gasteiger charge is -2.20. The third-order valence-electron chi connectivity index (χ3n) is 4.57. The molecule has 6 heteroatoms. The van der Waals surface area contributed by atoms with E-state index >= 15 is 0 Å². The quantitative estimate of drug-likeness (QED) is 0.531. The standard InChI is InChI=1S/C18H29FN4O/c1-20-17(21-9-10-23(2)11-12-24-3)22-14-18(7-8-18)15-5-4-6-16(19)13-15/h4-6,13H,7-12,14H2,1-3H3,(H2,20,21,22). The van der Waals surface area contributed by atoms with Crippen LogP contribution in [0.1, 0.15) is 18.4 Å². The maximum Gasteiger partial charge on any atom is 0.191 e. The van der Waals surface area contributed by atoms with Gasteiger partial charge in [-0.25, -0.2) is 4.39 Å². The molecule has 5 nitrogen and oxygen atoms in total. The number of nitrogens with one attached hydrogen (secondary N) is 2. The minimum Gasteiger partial charge on any atom is -0.383 e. The van der Waals surface area contributed by atoms with Crippen LogP contribution >= 0.6 is 0 Å². The van der Waals surface area contributed by atoms with Crippen molar-refractivity contribution in [2.45, 2.75) is 18.3 Å². The Balaban J connectivity index is 1.76. The zero-order valence-electron chi connectivity index (χ0n) is 14.9. The Morgan fingerprint density at radius 2 is 2.12 bits per heavy atom. The van der Waals surface area contributed by atoms with E-state index in [1.807, 2.05) is 6.07 Å². The van der Waals surface area contributed by atoms with Gasteiger partial charge in [0.2, 0.25) is 0 Å². The average Bonchev–Trinajstić information content (AvgIpc) is 3.37. The molecule has 0 heterocycles. The van der Waals surface area contributed by atoms with Gasteiger partial charge in [-0.3, -0.25) is 4.99 Å². The summed E-state index contributed by atoms with van der Waals surface area (Å²) < 4.78 is 18.5. The third kappa shape index (κ3) is 5.46. The van der Waals surface area contributed by atoms with Gasteiger partial charge in [-0.05, 0) is 37.6 Å². The lowest BCUT2D eigenvalue weighted by atomic mass is 9.96. The van der Waals surface area contributed by atoms with Gasteiger partial charge in [0.05, 0.1) is 6.61 Å². The van der Waals surface area contributed by atoms with E-state index in [1.165, 1.54) is 6.07 Å². The van der Waals surface area contributed by atoms with Crippen LogP contribution in [0.5, 0.6) is 0 Å². The minimum atomic E-state index is -0.166. The number of halogens is 1. The Morgan fingerprint density at radius 3 is 2.75 bits per heavy atom. The van der Waals surface area contributed by atoms with Crippen LogP contribution in [0.3, 0.4) is 0 Å². The van der Waals surface area contributed by atoms with Crippen molar-refractivity contribution in [1.82, 2.24) is 15.5 Å². The molecule has 2 rings (SSSR count). The van der Waals surface area contributed by atoms with Crippen molar-refractivity contribution in [3.05, 3.63) is 35.6 Å². The first kappa shape index (κ1) is 18.7. The fourth-order valence-electron chi connectivity index (χ4n) is 2.73. The Kier molecular flexibility index (Phi) is 6.99. The second-order valence-corrected chi connectivity index (χ2v) is 6.44. The van der Waals surface area contributed by atoms with Crippen LogP contribution in [0.4, 0.5) is 4.39 Å². The van der Waals surface area contributed by atoms with Gasteiger partial charge in [0.15, 0.2) is 5.96 Å². The summed E-state index contributed by atoms with van der Waals surface area (Å²) in [5.74, 6) is 0.623. The molecule has 0 bridgehead atoms. The maximum atomic E-state index is 13.5. The predicted octanol–water partition coefficient (Wildman–Crippen LogP) is 1.60. The van der Waals surface area contributed by atoms with Gasteiger partial charge in [0.1, 0.15) is 5.82 Å². The van der Waals surface area contributed by atoms with Gasteiger partial charge in [-0.1, -0.05) is 12.1 Å². The molecule has 0 radical (unpaired) electrons. The molecule has 2 N–H and O–H groups in total. The number of ether oxygens (including phenoxy) is 1. The van der Waals surface area contributed by atoms with E-state index in [0.717, 1.165) is 57.2 Å².